The van der Waals surface area contributed by atoms with Crippen molar-refractivity contribution < 1.29 is 4.39 Å². The number of benzene rings is 1. The van der Waals surface area contributed by atoms with Gasteiger partial charge in [0.2, 0.25) is 0 Å². The molecule has 6 heteroatoms. The lowest BCUT2D eigenvalue weighted by Gasteiger charge is -2.26. The third kappa shape index (κ3) is 3.17. The molecule has 1 saturated heterocycles. The molecule has 106 valence electrons. The standard InChI is InChI=1S/C14H15ClFN3S/c15-11-7-10(1-2-12(11)16)13-9-20-14(18-13)8-19-5-3-17-4-6-19/h1-2,7,9,17H,3-6,8H2. The largest absolute Gasteiger partial charge is 0.314 e. The van der Waals surface area contributed by atoms with Crippen molar-refractivity contribution in [3.8, 4) is 11.3 Å². The number of nitrogens with one attached hydrogen (secondary N) is 1. The summed E-state index contributed by atoms with van der Waals surface area (Å²) in [7, 11) is 0. The number of aromatic nitrogens is 1. The highest BCUT2D eigenvalue weighted by molar-refractivity contribution is 7.09. The number of hydrogen-bond donors (Lipinski definition) is 1. The van der Waals surface area contributed by atoms with Crippen LogP contribution < -0.4 is 5.32 Å². The zero-order chi connectivity index (χ0) is 13.9. The molecular formula is C14H15ClFN3S. The van der Waals surface area contributed by atoms with E-state index in [1.807, 2.05) is 5.38 Å². The lowest BCUT2D eigenvalue weighted by atomic mass is 10.2. The van der Waals surface area contributed by atoms with Crippen LogP contribution in [0.3, 0.4) is 0 Å². The van der Waals surface area contributed by atoms with Gasteiger partial charge in [0.25, 0.3) is 0 Å². The number of piperazine rings is 1. The van der Waals surface area contributed by atoms with Gasteiger partial charge in [-0.15, -0.1) is 11.3 Å². The van der Waals surface area contributed by atoms with Crippen molar-refractivity contribution >= 4 is 22.9 Å². The van der Waals surface area contributed by atoms with Crippen LogP contribution in [0.5, 0.6) is 0 Å². The highest BCUT2D eigenvalue weighted by Crippen LogP contribution is 2.26. The van der Waals surface area contributed by atoms with Crippen molar-refractivity contribution in [3.63, 3.8) is 0 Å². The maximum atomic E-state index is 13.2. The van der Waals surface area contributed by atoms with Crippen molar-refractivity contribution in [2.24, 2.45) is 0 Å². The molecular weight excluding hydrogens is 297 g/mol. The van der Waals surface area contributed by atoms with Crippen molar-refractivity contribution in [1.82, 2.24) is 15.2 Å². The van der Waals surface area contributed by atoms with Crippen molar-refractivity contribution in [2.45, 2.75) is 6.54 Å². The fourth-order valence-corrected chi connectivity index (χ4v) is 3.26. The average Bonchev–Trinajstić information content (AvgIpc) is 2.91. The molecule has 1 aromatic heterocycles. The van der Waals surface area contributed by atoms with E-state index < -0.39 is 5.82 Å². The van der Waals surface area contributed by atoms with E-state index in [1.165, 1.54) is 6.07 Å². The molecule has 0 radical (unpaired) electrons. The normalized spacial score (nSPS) is 16.5. The van der Waals surface area contributed by atoms with E-state index in [0.717, 1.165) is 49.0 Å². The predicted molar refractivity (Wildman–Crippen MR) is 80.7 cm³/mol. The lowest BCUT2D eigenvalue weighted by Crippen LogP contribution is -2.42. The summed E-state index contributed by atoms with van der Waals surface area (Å²) in [6.07, 6.45) is 0. The highest BCUT2D eigenvalue weighted by atomic mass is 35.5. The second-order valence-corrected chi connectivity index (χ2v) is 6.13. The smallest absolute Gasteiger partial charge is 0.141 e. The zero-order valence-corrected chi connectivity index (χ0v) is 12.5. The predicted octanol–water partition coefficient (Wildman–Crippen LogP) is 3.01. The Labute approximate surface area is 126 Å². The van der Waals surface area contributed by atoms with E-state index in [1.54, 1.807) is 23.5 Å². The molecule has 2 heterocycles. The van der Waals surface area contributed by atoms with E-state index in [2.05, 4.69) is 15.2 Å². The van der Waals surface area contributed by atoms with Crippen molar-refractivity contribution in [3.05, 3.63) is 39.4 Å². The molecule has 1 aliphatic rings. The Morgan fingerprint density at radius 3 is 2.90 bits per heavy atom. The number of thiazole rings is 1. The van der Waals surface area contributed by atoms with Gasteiger partial charge in [0, 0.05) is 37.1 Å². The summed E-state index contributed by atoms with van der Waals surface area (Å²) in [6, 6.07) is 4.72. The van der Waals surface area contributed by atoms with Gasteiger partial charge in [-0.05, 0) is 18.2 Å². The van der Waals surface area contributed by atoms with Gasteiger partial charge in [-0.25, -0.2) is 9.37 Å². The molecule has 0 unspecified atom stereocenters. The summed E-state index contributed by atoms with van der Waals surface area (Å²) in [5.41, 5.74) is 1.72. The molecule has 1 N–H and O–H groups in total. The topological polar surface area (TPSA) is 28.2 Å². The molecule has 0 amide bonds. The zero-order valence-electron chi connectivity index (χ0n) is 10.9. The van der Waals surface area contributed by atoms with Gasteiger partial charge in [-0.3, -0.25) is 4.90 Å². The number of nitrogens with zero attached hydrogens (tertiary/aromatic N) is 2. The summed E-state index contributed by atoms with van der Waals surface area (Å²) >= 11 is 7.45. The van der Waals surface area contributed by atoms with E-state index in [9.17, 15) is 4.39 Å². The number of hydrogen-bond acceptors (Lipinski definition) is 4. The SMILES string of the molecule is Fc1ccc(-c2csc(CN3CCNCC3)n2)cc1Cl. The van der Waals surface area contributed by atoms with E-state index >= 15 is 0 Å². The first-order valence-electron chi connectivity index (χ1n) is 6.55. The third-order valence-electron chi connectivity index (χ3n) is 3.34. The van der Waals surface area contributed by atoms with Crippen molar-refractivity contribution in [2.75, 3.05) is 26.2 Å². The molecule has 0 bridgehead atoms. The Hall–Kier alpha value is -1.01. The van der Waals surface area contributed by atoms with E-state index in [0.29, 0.717) is 0 Å². The quantitative estimate of drug-likeness (QED) is 0.944. The van der Waals surface area contributed by atoms with Crippen LogP contribution >= 0.6 is 22.9 Å². The van der Waals surface area contributed by atoms with Crippen LogP contribution in [0.15, 0.2) is 23.6 Å². The van der Waals surface area contributed by atoms with Crippen LogP contribution in [-0.4, -0.2) is 36.1 Å². The summed E-state index contributed by atoms with van der Waals surface area (Å²) in [5.74, 6) is -0.397. The van der Waals surface area contributed by atoms with Crippen LogP contribution in [0, 0.1) is 5.82 Å². The Morgan fingerprint density at radius 2 is 2.15 bits per heavy atom. The van der Waals surface area contributed by atoms with Gasteiger partial charge in [0.15, 0.2) is 0 Å². The van der Waals surface area contributed by atoms with Crippen LogP contribution in [0.25, 0.3) is 11.3 Å². The van der Waals surface area contributed by atoms with Crippen LogP contribution in [-0.2, 0) is 6.54 Å². The minimum Gasteiger partial charge on any atom is -0.314 e. The average molecular weight is 312 g/mol. The molecule has 2 aromatic rings. The van der Waals surface area contributed by atoms with Crippen LogP contribution in [0.2, 0.25) is 5.02 Å². The first kappa shape index (κ1) is 13.9. The fraction of sp³-hybridized carbons (Fsp3) is 0.357. The molecule has 0 spiro atoms. The summed E-state index contributed by atoms with van der Waals surface area (Å²) < 4.78 is 13.2. The first-order valence-corrected chi connectivity index (χ1v) is 7.81. The Bertz CT molecular complexity index is 596. The van der Waals surface area contributed by atoms with Crippen molar-refractivity contribution in [1.29, 1.82) is 0 Å². The van der Waals surface area contributed by atoms with Crippen LogP contribution in [0.1, 0.15) is 5.01 Å². The van der Waals surface area contributed by atoms with Gasteiger partial charge >= 0.3 is 0 Å². The maximum absolute atomic E-state index is 13.2. The Balaban J connectivity index is 1.73. The molecule has 3 rings (SSSR count). The molecule has 1 aliphatic heterocycles. The second kappa shape index (κ2) is 6.18. The minimum atomic E-state index is -0.397. The van der Waals surface area contributed by atoms with Crippen LogP contribution in [0.4, 0.5) is 4.39 Å². The fourth-order valence-electron chi connectivity index (χ4n) is 2.23. The Kier molecular flexibility index (Phi) is 4.31. The molecule has 0 atom stereocenters. The van der Waals surface area contributed by atoms with Gasteiger partial charge in [-0.1, -0.05) is 11.6 Å². The second-order valence-electron chi connectivity index (χ2n) is 4.78. The van der Waals surface area contributed by atoms with Gasteiger partial charge in [0.05, 0.1) is 17.3 Å². The molecule has 1 fully saturated rings. The molecule has 3 nitrogen and oxygen atoms in total. The monoisotopic (exact) mass is 311 g/mol. The molecule has 1 aromatic carbocycles. The van der Waals surface area contributed by atoms with Gasteiger partial charge < -0.3 is 5.32 Å². The van der Waals surface area contributed by atoms with Gasteiger partial charge in [0.1, 0.15) is 10.8 Å². The molecule has 0 saturated carbocycles. The van der Waals surface area contributed by atoms with Gasteiger partial charge in [-0.2, -0.15) is 0 Å². The minimum absolute atomic E-state index is 0.138. The first-order chi connectivity index (χ1) is 9.72. The Morgan fingerprint density at radius 1 is 1.35 bits per heavy atom. The highest BCUT2D eigenvalue weighted by Gasteiger charge is 2.13. The summed E-state index contributed by atoms with van der Waals surface area (Å²) in [5, 5.41) is 6.56. The maximum Gasteiger partial charge on any atom is 0.141 e. The third-order valence-corrected chi connectivity index (χ3v) is 4.46. The summed E-state index contributed by atoms with van der Waals surface area (Å²) in [4.78, 5) is 7.01. The van der Waals surface area contributed by atoms with E-state index in [-0.39, 0.29) is 5.02 Å². The molecule has 0 aliphatic carbocycles. The summed E-state index contributed by atoms with van der Waals surface area (Å²) in [6.45, 7) is 5.05. The number of rotatable bonds is 3. The molecule has 20 heavy (non-hydrogen) atoms. The lowest BCUT2D eigenvalue weighted by molar-refractivity contribution is 0.233. The number of halogens is 2. The van der Waals surface area contributed by atoms with E-state index in [4.69, 9.17) is 11.6 Å².